The third-order valence-corrected chi connectivity index (χ3v) is 1.43. The van der Waals surface area contributed by atoms with Gasteiger partial charge in [-0.3, -0.25) is 0 Å². The summed E-state index contributed by atoms with van der Waals surface area (Å²) >= 11 is 0. The molecule has 0 aliphatic rings. The van der Waals surface area contributed by atoms with E-state index in [1.165, 1.54) is 0 Å². The molecule has 0 aliphatic carbocycles. The monoisotopic (exact) mass is 183 g/mol. The Morgan fingerprint density at radius 1 is 1.08 bits per heavy atom. The Labute approximate surface area is 75.5 Å². The van der Waals surface area contributed by atoms with Crippen molar-refractivity contribution in [1.29, 1.82) is 0 Å². The number of nitrogens with one attached hydrogen (secondary N) is 1. The van der Waals surface area contributed by atoms with E-state index in [9.17, 15) is 0 Å². The predicted molar refractivity (Wildman–Crippen MR) is 52.8 cm³/mol. The van der Waals surface area contributed by atoms with Crippen LogP contribution in [0.4, 0.5) is 23.3 Å². The van der Waals surface area contributed by atoms with Gasteiger partial charge in [0.05, 0.1) is 0 Å². The second-order valence-electron chi connectivity index (χ2n) is 2.45. The average molecular weight is 183 g/mol. The lowest BCUT2D eigenvalue weighted by Crippen LogP contribution is -2.16. The maximum Gasteiger partial charge on any atom is 0.226 e. The van der Waals surface area contributed by atoms with E-state index in [2.05, 4.69) is 15.3 Å². The number of hydrogen-bond acceptors (Lipinski definition) is 7. The minimum absolute atomic E-state index is 0.173. The summed E-state index contributed by atoms with van der Waals surface area (Å²) in [5.74, 6) is 0.689. The van der Waals surface area contributed by atoms with E-state index in [1.54, 1.807) is 0 Å². The molecule has 7 nitrogen and oxygen atoms in total. The second kappa shape index (κ2) is 3.76. The third-order valence-electron chi connectivity index (χ3n) is 1.43. The van der Waals surface area contributed by atoms with E-state index in [0.717, 1.165) is 0 Å². The van der Waals surface area contributed by atoms with Crippen molar-refractivity contribution < 1.29 is 0 Å². The lowest BCUT2D eigenvalue weighted by atomic mass is 10.4. The van der Waals surface area contributed by atoms with E-state index >= 15 is 0 Å². The maximum atomic E-state index is 5.47. The Bertz CT molecular complexity index is 274. The molecule has 0 aliphatic heterocycles. The van der Waals surface area contributed by atoms with Crippen molar-refractivity contribution in [2.75, 3.05) is 35.6 Å². The van der Waals surface area contributed by atoms with Crippen LogP contribution in [0, 0.1) is 0 Å². The topological polar surface area (TPSA) is 142 Å². The summed E-state index contributed by atoms with van der Waals surface area (Å²) in [6.07, 6.45) is 0. The first kappa shape index (κ1) is 9.33. The van der Waals surface area contributed by atoms with Gasteiger partial charge in [0.15, 0.2) is 11.6 Å². The third kappa shape index (κ3) is 2.09. The van der Waals surface area contributed by atoms with Gasteiger partial charge >= 0.3 is 0 Å². The van der Waals surface area contributed by atoms with Crippen LogP contribution in [0.3, 0.4) is 0 Å². The van der Waals surface area contributed by atoms with Gasteiger partial charge in [-0.25, -0.2) is 0 Å². The predicted octanol–water partition coefficient (Wildman–Crippen LogP) is -1.41. The zero-order chi connectivity index (χ0) is 9.84. The van der Waals surface area contributed by atoms with Gasteiger partial charge in [0.1, 0.15) is 5.69 Å². The highest BCUT2D eigenvalue weighted by Gasteiger charge is 2.05. The van der Waals surface area contributed by atoms with E-state index in [-0.39, 0.29) is 17.3 Å². The molecule has 0 unspecified atom stereocenters. The normalized spacial score (nSPS) is 9.92. The van der Waals surface area contributed by atoms with Gasteiger partial charge in [-0.2, -0.15) is 9.97 Å². The van der Waals surface area contributed by atoms with Crippen molar-refractivity contribution in [1.82, 2.24) is 9.97 Å². The Morgan fingerprint density at radius 2 is 1.62 bits per heavy atom. The first-order chi connectivity index (χ1) is 6.15. The van der Waals surface area contributed by atoms with Gasteiger partial charge in [0, 0.05) is 13.1 Å². The second-order valence-corrected chi connectivity index (χ2v) is 2.45. The molecule has 1 rings (SSSR count). The fourth-order valence-electron chi connectivity index (χ4n) is 0.768. The number of anilines is 4. The molecule has 0 amide bonds. The molecule has 7 heteroatoms. The number of nitrogen functional groups attached to an aromatic ring is 3. The zero-order valence-electron chi connectivity index (χ0n) is 7.12. The van der Waals surface area contributed by atoms with Crippen LogP contribution >= 0.6 is 0 Å². The summed E-state index contributed by atoms with van der Waals surface area (Å²) in [5.41, 5.74) is 21.9. The molecule has 1 aromatic rings. The average Bonchev–Trinajstić information content (AvgIpc) is 2.10. The summed E-state index contributed by atoms with van der Waals surface area (Å²) in [7, 11) is 0. The number of hydrogen-bond donors (Lipinski definition) is 5. The van der Waals surface area contributed by atoms with Crippen molar-refractivity contribution in [2.24, 2.45) is 5.73 Å². The Morgan fingerprint density at radius 3 is 2.08 bits per heavy atom. The van der Waals surface area contributed by atoms with Crippen LogP contribution in [0.1, 0.15) is 0 Å². The first-order valence-corrected chi connectivity index (χ1v) is 3.77. The Balaban J connectivity index is 2.86. The van der Waals surface area contributed by atoms with Crippen LogP contribution < -0.4 is 28.3 Å². The first-order valence-electron chi connectivity index (χ1n) is 3.77. The number of nitrogens with two attached hydrogens (primary N) is 4. The number of rotatable bonds is 3. The fraction of sp³-hybridized carbons (Fsp3) is 0.333. The van der Waals surface area contributed by atoms with Crippen LogP contribution in [0.15, 0.2) is 0 Å². The molecule has 0 saturated carbocycles. The molecule has 1 heterocycles. The minimum atomic E-state index is 0.173. The Kier molecular flexibility index (Phi) is 2.70. The van der Waals surface area contributed by atoms with E-state index in [1.807, 2.05) is 0 Å². The van der Waals surface area contributed by atoms with Gasteiger partial charge in [-0.15, -0.1) is 0 Å². The summed E-state index contributed by atoms with van der Waals surface area (Å²) in [5, 5.41) is 2.84. The Hall–Kier alpha value is -1.76. The van der Waals surface area contributed by atoms with Crippen LogP contribution in [0.2, 0.25) is 0 Å². The van der Waals surface area contributed by atoms with Crippen LogP contribution in [0.25, 0.3) is 0 Å². The quantitative estimate of drug-likeness (QED) is 0.387. The SMILES string of the molecule is NCCNc1nc(N)c(N)c(N)n1. The van der Waals surface area contributed by atoms with Gasteiger partial charge in [-0.1, -0.05) is 0 Å². The molecule has 13 heavy (non-hydrogen) atoms. The van der Waals surface area contributed by atoms with Crippen molar-refractivity contribution in [2.45, 2.75) is 0 Å². The van der Waals surface area contributed by atoms with E-state index in [4.69, 9.17) is 22.9 Å². The van der Waals surface area contributed by atoms with Gasteiger partial charge in [0.2, 0.25) is 5.95 Å². The summed E-state index contributed by atoms with van der Waals surface area (Å²) in [6, 6.07) is 0. The van der Waals surface area contributed by atoms with E-state index in [0.29, 0.717) is 19.0 Å². The van der Waals surface area contributed by atoms with Crippen molar-refractivity contribution >= 4 is 23.3 Å². The molecule has 0 fully saturated rings. The molecule has 0 atom stereocenters. The number of aromatic nitrogens is 2. The lowest BCUT2D eigenvalue weighted by molar-refractivity contribution is 0.993. The molecular formula is C6H13N7. The van der Waals surface area contributed by atoms with Gasteiger partial charge in [-0.05, 0) is 0 Å². The van der Waals surface area contributed by atoms with Crippen molar-refractivity contribution in [3.63, 3.8) is 0 Å². The standard InChI is InChI=1S/C6H13N7/c7-1-2-11-6-12-4(9)3(8)5(10)13-6/h1-2,7-8H2,(H5,9,10,11,12,13). The summed E-state index contributed by atoms with van der Waals surface area (Å²) in [6.45, 7) is 1.04. The molecule has 0 radical (unpaired) electrons. The van der Waals surface area contributed by atoms with Crippen molar-refractivity contribution in [3.05, 3.63) is 0 Å². The molecule has 0 aromatic carbocycles. The van der Waals surface area contributed by atoms with Crippen molar-refractivity contribution in [3.8, 4) is 0 Å². The highest BCUT2D eigenvalue weighted by atomic mass is 15.1. The lowest BCUT2D eigenvalue weighted by Gasteiger charge is -2.06. The molecule has 72 valence electrons. The van der Waals surface area contributed by atoms with E-state index < -0.39 is 0 Å². The molecular weight excluding hydrogens is 170 g/mol. The zero-order valence-corrected chi connectivity index (χ0v) is 7.12. The van der Waals surface area contributed by atoms with Gasteiger partial charge < -0.3 is 28.3 Å². The smallest absolute Gasteiger partial charge is 0.226 e. The highest BCUT2D eigenvalue weighted by molar-refractivity contribution is 5.72. The molecule has 0 bridgehead atoms. The fourth-order valence-corrected chi connectivity index (χ4v) is 0.768. The van der Waals surface area contributed by atoms with Crippen LogP contribution in [-0.4, -0.2) is 23.1 Å². The molecule has 9 N–H and O–H groups in total. The molecule has 1 aromatic heterocycles. The van der Waals surface area contributed by atoms with Crippen LogP contribution in [-0.2, 0) is 0 Å². The number of nitrogens with zero attached hydrogens (tertiary/aromatic N) is 2. The summed E-state index contributed by atoms with van der Waals surface area (Å²) < 4.78 is 0. The maximum absolute atomic E-state index is 5.47. The minimum Gasteiger partial charge on any atom is -0.393 e. The van der Waals surface area contributed by atoms with Gasteiger partial charge in [0.25, 0.3) is 0 Å². The highest BCUT2D eigenvalue weighted by Crippen LogP contribution is 2.19. The molecule has 0 saturated heterocycles. The largest absolute Gasteiger partial charge is 0.393 e. The van der Waals surface area contributed by atoms with Crippen LogP contribution in [0.5, 0.6) is 0 Å². The molecule has 0 spiro atoms. The summed E-state index contributed by atoms with van der Waals surface area (Å²) in [4.78, 5) is 7.73.